The van der Waals surface area contributed by atoms with E-state index < -0.39 is 6.10 Å². The van der Waals surface area contributed by atoms with Gasteiger partial charge in [-0.25, -0.2) is 9.78 Å². The number of aromatic nitrogens is 1. The van der Waals surface area contributed by atoms with Gasteiger partial charge in [-0.05, 0) is 72.9 Å². The summed E-state index contributed by atoms with van der Waals surface area (Å²) in [4.78, 5) is 16.8. The zero-order valence-electron chi connectivity index (χ0n) is 18.9. The van der Waals surface area contributed by atoms with Crippen molar-refractivity contribution in [1.29, 1.82) is 0 Å². The Bertz CT molecular complexity index is 1330. The first-order valence-corrected chi connectivity index (χ1v) is 11.7. The minimum Gasteiger partial charge on any atom is -0.462 e. The summed E-state index contributed by atoms with van der Waals surface area (Å²) in [5, 5.41) is 12.5. The van der Waals surface area contributed by atoms with E-state index in [1.807, 2.05) is 84.9 Å². The lowest BCUT2D eigenvalue weighted by molar-refractivity contribution is 0.0524. The van der Waals surface area contributed by atoms with Crippen LogP contribution in [0.5, 0.6) is 0 Å². The molecule has 0 unspecified atom stereocenters. The molecular formula is C29H26ClNO3. The van der Waals surface area contributed by atoms with Gasteiger partial charge < -0.3 is 9.84 Å². The summed E-state index contributed by atoms with van der Waals surface area (Å²) in [6.07, 6.45) is 4.34. The Labute approximate surface area is 204 Å². The molecule has 0 aliphatic rings. The van der Waals surface area contributed by atoms with Gasteiger partial charge in [-0.1, -0.05) is 66.2 Å². The van der Waals surface area contributed by atoms with Crippen LogP contribution in [0, 0.1) is 0 Å². The SMILES string of the molecule is CCOC(=O)c1ccccc1CC[C@H](O)c1cccc(/C=C/c2ccc3ccc(Cl)cc3n2)c1. The predicted molar refractivity (Wildman–Crippen MR) is 138 cm³/mol. The van der Waals surface area contributed by atoms with Gasteiger partial charge in [0, 0.05) is 10.4 Å². The molecule has 4 nitrogen and oxygen atoms in total. The number of aliphatic hydroxyl groups is 1. The molecule has 4 rings (SSSR count). The number of pyridine rings is 1. The highest BCUT2D eigenvalue weighted by atomic mass is 35.5. The number of benzene rings is 3. The maximum atomic E-state index is 12.2. The summed E-state index contributed by atoms with van der Waals surface area (Å²) in [6.45, 7) is 2.12. The number of hydrogen-bond acceptors (Lipinski definition) is 4. The number of halogens is 1. The van der Waals surface area contributed by atoms with Crippen LogP contribution in [0.3, 0.4) is 0 Å². The Morgan fingerprint density at radius 1 is 1.03 bits per heavy atom. The molecule has 0 spiro atoms. The number of carbonyl (C=O) groups is 1. The van der Waals surface area contributed by atoms with Crippen LogP contribution in [0.15, 0.2) is 78.9 Å². The fraction of sp³-hybridized carbons (Fsp3) is 0.172. The van der Waals surface area contributed by atoms with Crippen molar-refractivity contribution in [3.63, 3.8) is 0 Å². The number of esters is 1. The largest absolute Gasteiger partial charge is 0.462 e. The first-order chi connectivity index (χ1) is 16.5. The minimum atomic E-state index is -0.649. The van der Waals surface area contributed by atoms with Gasteiger partial charge in [0.05, 0.1) is 29.5 Å². The number of ether oxygens (including phenoxy) is 1. The normalized spacial score (nSPS) is 12.2. The second-order valence-corrected chi connectivity index (χ2v) is 8.45. The lowest BCUT2D eigenvalue weighted by atomic mass is 9.97. The van der Waals surface area contributed by atoms with Gasteiger partial charge in [0.25, 0.3) is 0 Å². The zero-order chi connectivity index (χ0) is 23.9. The van der Waals surface area contributed by atoms with Crippen LogP contribution >= 0.6 is 11.6 Å². The van der Waals surface area contributed by atoms with Crippen molar-refractivity contribution in [2.24, 2.45) is 0 Å². The van der Waals surface area contributed by atoms with Crippen molar-refractivity contribution >= 4 is 40.6 Å². The molecule has 0 saturated heterocycles. The number of hydrogen-bond donors (Lipinski definition) is 1. The molecule has 0 saturated carbocycles. The average molecular weight is 472 g/mol. The lowest BCUT2D eigenvalue weighted by Gasteiger charge is -2.13. The molecular weight excluding hydrogens is 446 g/mol. The van der Waals surface area contributed by atoms with Gasteiger partial charge in [-0.2, -0.15) is 0 Å². The number of aliphatic hydroxyl groups excluding tert-OH is 1. The fourth-order valence-electron chi connectivity index (χ4n) is 3.86. The van der Waals surface area contributed by atoms with E-state index in [2.05, 4.69) is 4.98 Å². The van der Waals surface area contributed by atoms with E-state index in [1.54, 1.807) is 13.0 Å². The Morgan fingerprint density at radius 3 is 2.71 bits per heavy atom. The van der Waals surface area contributed by atoms with Gasteiger partial charge in [0.2, 0.25) is 0 Å². The monoisotopic (exact) mass is 471 g/mol. The van der Waals surface area contributed by atoms with E-state index in [1.165, 1.54) is 0 Å². The molecule has 0 amide bonds. The Hall–Kier alpha value is -3.47. The standard InChI is InChI=1S/C29H26ClNO3/c1-2-34-29(33)26-9-4-3-7-21(26)13-17-28(32)23-8-5-6-20(18-23)10-15-25-16-12-22-11-14-24(30)19-27(22)31-25/h3-12,14-16,18-19,28,32H,2,13,17H2,1H3/b15-10+/t28-/m0/s1. The summed E-state index contributed by atoms with van der Waals surface area (Å²) in [5.74, 6) is -0.329. The number of fused-ring (bicyclic) bond motifs is 1. The average Bonchev–Trinajstić information content (AvgIpc) is 2.86. The molecule has 0 bridgehead atoms. The molecule has 0 aliphatic heterocycles. The number of carbonyl (C=O) groups excluding carboxylic acids is 1. The van der Waals surface area contributed by atoms with Crippen LogP contribution in [-0.2, 0) is 11.2 Å². The van der Waals surface area contributed by atoms with Crippen molar-refractivity contribution in [1.82, 2.24) is 4.98 Å². The Kier molecular flexibility index (Phi) is 7.73. The van der Waals surface area contributed by atoms with Crippen LogP contribution in [0.2, 0.25) is 5.02 Å². The third kappa shape index (κ3) is 5.90. The van der Waals surface area contributed by atoms with E-state index in [-0.39, 0.29) is 5.97 Å². The summed E-state index contributed by atoms with van der Waals surface area (Å²) in [6, 6.07) is 24.8. The van der Waals surface area contributed by atoms with Crippen molar-refractivity contribution in [3.05, 3.63) is 112 Å². The predicted octanol–water partition coefficient (Wildman–Crippen LogP) is 6.90. The topological polar surface area (TPSA) is 59.4 Å². The first-order valence-electron chi connectivity index (χ1n) is 11.3. The van der Waals surface area contributed by atoms with Gasteiger partial charge in [-0.15, -0.1) is 0 Å². The summed E-state index contributed by atoms with van der Waals surface area (Å²) >= 11 is 6.09. The van der Waals surface area contributed by atoms with Crippen molar-refractivity contribution in [3.8, 4) is 0 Å². The molecule has 3 aromatic carbocycles. The molecule has 1 N–H and O–H groups in total. The van der Waals surface area contributed by atoms with Crippen molar-refractivity contribution in [2.75, 3.05) is 6.61 Å². The van der Waals surface area contributed by atoms with Crippen LogP contribution in [-0.4, -0.2) is 22.7 Å². The van der Waals surface area contributed by atoms with Crippen LogP contribution in [0.25, 0.3) is 23.1 Å². The quantitative estimate of drug-likeness (QED) is 0.284. The van der Waals surface area contributed by atoms with E-state index in [0.717, 1.165) is 33.3 Å². The van der Waals surface area contributed by atoms with Crippen LogP contribution < -0.4 is 0 Å². The maximum absolute atomic E-state index is 12.2. The van der Waals surface area contributed by atoms with Crippen molar-refractivity contribution in [2.45, 2.75) is 25.9 Å². The highest BCUT2D eigenvalue weighted by molar-refractivity contribution is 6.31. The minimum absolute atomic E-state index is 0.329. The Balaban J connectivity index is 1.45. The molecule has 1 heterocycles. The second-order valence-electron chi connectivity index (χ2n) is 8.01. The highest BCUT2D eigenvalue weighted by Gasteiger charge is 2.14. The van der Waals surface area contributed by atoms with Crippen molar-refractivity contribution < 1.29 is 14.6 Å². The molecule has 1 atom stereocenters. The van der Waals surface area contributed by atoms with Gasteiger partial charge >= 0.3 is 5.97 Å². The third-order valence-corrected chi connectivity index (χ3v) is 5.85. The van der Waals surface area contributed by atoms with E-state index in [0.29, 0.717) is 30.0 Å². The number of nitrogens with zero attached hydrogens (tertiary/aromatic N) is 1. The zero-order valence-corrected chi connectivity index (χ0v) is 19.7. The maximum Gasteiger partial charge on any atom is 0.338 e. The molecule has 0 fully saturated rings. The molecule has 1 aromatic heterocycles. The fourth-order valence-corrected chi connectivity index (χ4v) is 4.02. The smallest absolute Gasteiger partial charge is 0.338 e. The first kappa shape index (κ1) is 23.7. The summed E-state index contributed by atoms with van der Waals surface area (Å²) in [7, 11) is 0. The third-order valence-electron chi connectivity index (χ3n) is 5.62. The second kappa shape index (κ2) is 11.1. The molecule has 0 aliphatic carbocycles. The van der Waals surface area contributed by atoms with E-state index >= 15 is 0 Å². The highest BCUT2D eigenvalue weighted by Crippen LogP contribution is 2.23. The molecule has 0 radical (unpaired) electrons. The number of rotatable bonds is 8. The van der Waals surface area contributed by atoms with E-state index in [9.17, 15) is 9.90 Å². The van der Waals surface area contributed by atoms with Crippen LogP contribution in [0.1, 0.15) is 52.2 Å². The van der Waals surface area contributed by atoms with Gasteiger partial charge in [-0.3, -0.25) is 0 Å². The molecule has 5 heteroatoms. The molecule has 172 valence electrons. The summed E-state index contributed by atoms with van der Waals surface area (Å²) < 4.78 is 5.15. The lowest BCUT2D eigenvalue weighted by Crippen LogP contribution is -2.09. The Morgan fingerprint density at radius 2 is 1.85 bits per heavy atom. The van der Waals surface area contributed by atoms with Crippen LogP contribution in [0.4, 0.5) is 0 Å². The van der Waals surface area contributed by atoms with Gasteiger partial charge in [0.1, 0.15) is 0 Å². The number of aryl methyl sites for hydroxylation is 1. The molecule has 34 heavy (non-hydrogen) atoms. The van der Waals surface area contributed by atoms with E-state index in [4.69, 9.17) is 16.3 Å². The molecule has 4 aromatic rings. The summed E-state index contributed by atoms with van der Waals surface area (Å²) in [5.41, 5.74) is 4.90. The van der Waals surface area contributed by atoms with Gasteiger partial charge in [0.15, 0.2) is 0 Å².